The molecule has 2 rings (SSSR count). The number of sulfonamides is 2. The molecule has 0 atom stereocenters. The second-order valence-corrected chi connectivity index (χ2v) is 8.70. The van der Waals surface area contributed by atoms with Gasteiger partial charge < -0.3 is 0 Å². The lowest BCUT2D eigenvalue weighted by molar-refractivity contribution is 0.577. The number of rotatable bonds is 7. The predicted octanol–water partition coefficient (Wildman–Crippen LogP) is 1.57. The number of benzene rings is 2. The van der Waals surface area contributed by atoms with Crippen molar-refractivity contribution in [2.75, 3.05) is 23.7 Å². The summed E-state index contributed by atoms with van der Waals surface area (Å²) in [5, 5.41) is 0. The van der Waals surface area contributed by atoms with Crippen molar-refractivity contribution in [1.82, 2.24) is 4.72 Å². The molecular formula is C15H17FN2O4S2. The third-order valence-corrected chi connectivity index (χ3v) is 5.85. The van der Waals surface area contributed by atoms with Gasteiger partial charge in [-0.25, -0.2) is 25.9 Å². The van der Waals surface area contributed by atoms with E-state index in [1.54, 1.807) is 30.3 Å². The Morgan fingerprint density at radius 2 is 1.54 bits per heavy atom. The molecule has 2 aromatic rings. The van der Waals surface area contributed by atoms with Crippen molar-refractivity contribution in [3.63, 3.8) is 0 Å². The fraction of sp³-hybridized carbons (Fsp3) is 0.200. The third-order valence-electron chi connectivity index (χ3n) is 3.18. The lowest BCUT2D eigenvalue weighted by Gasteiger charge is -2.22. The van der Waals surface area contributed by atoms with Gasteiger partial charge in [-0.15, -0.1) is 0 Å². The highest BCUT2D eigenvalue weighted by Crippen LogP contribution is 2.16. The van der Waals surface area contributed by atoms with E-state index >= 15 is 0 Å². The van der Waals surface area contributed by atoms with Crippen LogP contribution in [-0.2, 0) is 20.0 Å². The van der Waals surface area contributed by atoms with Crippen molar-refractivity contribution >= 4 is 25.7 Å². The molecule has 0 heterocycles. The molecule has 2 aromatic carbocycles. The Bertz CT molecular complexity index is 883. The maximum Gasteiger partial charge on any atom is 0.240 e. The van der Waals surface area contributed by atoms with Crippen LogP contribution in [0.4, 0.5) is 10.1 Å². The first-order valence-corrected chi connectivity index (χ1v) is 10.3. The lowest BCUT2D eigenvalue weighted by atomic mass is 10.3. The van der Waals surface area contributed by atoms with Crippen molar-refractivity contribution in [3.8, 4) is 0 Å². The van der Waals surface area contributed by atoms with Gasteiger partial charge in [0.05, 0.1) is 16.8 Å². The Morgan fingerprint density at radius 3 is 2.08 bits per heavy atom. The molecule has 0 saturated heterocycles. The summed E-state index contributed by atoms with van der Waals surface area (Å²) in [6, 6.07) is 12.7. The number of nitrogens with one attached hydrogen (secondary N) is 1. The van der Waals surface area contributed by atoms with Gasteiger partial charge in [-0.2, -0.15) is 0 Å². The molecule has 0 bridgehead atoms. The van der Waals surface area contributed by atoms with Gasteiger partial charge >= 0.3 is 0 Å². The molecular weight excluding hydrogens is 355 g/mol. The Kier molecular flexibility index (Phi) is 5.58. The summed E-state index contributed by atoms with van der Waals surface area (Å²) >= 11 is 0. The topological polar surface area (TPSA) is 83.6 Å². The van der Waals surface area contributed by atoms with Gasteiger partial charge in [-0.3, -0.25) is 4.31 Å². The summed E-state index contributed by atoms with van der Waals surface area (Å²) in [5.74, 6) is -0.540. The first kappa shape index (κ1) is 18.4. The molecule has 0 aromatic heterocycles. The Morgan fingerprint density at radius 1 is 0.958 bits per heavy atom. The van der Waals surface area contributed by atoms with Crippen LogP contribution in [0.3, 0.4) is 0 Å². The molecule has 0 unspecified atom stereocenters. The van der Waals surface area contributed by atoms with Crippen LogP contribution >= 0.6 is 0 Å². The molecule has 0 spiro atoms. The van der Waals surface area contributed by atoms with Crippen LogP contribution in [0.25, 0.3) is 0 Å². The van der Waals surface area contributed by atoms with E-state index in [4.69, 9.17) is 0 Å². The number of nitrogens with zero attached hydrogens (tertiary/aromatic N) is 1. The van der Waals surface area contributed by atoms with E-state index in [1.807, 2.05) is 0 Å². The van der Waals surface area contributed by atoms with Crippen molar-refractivity contribution < 1.29 is 21.2 Å². The highest BCUT2D eigenvalue weighted by atomic mass is 32.2. The van der Waals surface area contributed by atoms with Crippen molar-refractivity contribution in [2.24, 2.45) is 0 Å². The fourth-order valence-electron chi connectivity index (χ4n) is 2.06. The minimum absolute atomic E-state index is 0.0662. The Balaban J connectivity index is 2.09. The summed E-state index contributed by atoms with van der Waals surface area (Å²) in [5.41, 5.74) is 0.445. The molecule has 0 radical (unpaired) electrons. The first-order valence-electron chi connectivity index (χ1n) is 6.98. The van der Waals surface area contributed by atoms with Gasteiger partial charge in [0.15, 0.2) is 0 Å². The Labute approximate surface area is 141 Å². The third kappa shape index (κ3) is 4.76. The van der Waals surface area contributed by atoms with Crippen molar-refractivity contribution in [1.29, 1.82) is 0 Å². The van der Waals surface area contributed by atoms with Gasteiger partial charge in [0.25, 0.3) is 0 Å². The van der Waals surface area contributed by atoms with E-state index in [1.165, 1.54) is 0 Å². The monoisotopic (exact) mass is 372 g/mol. The van der Waals surface area contributed by atoms with Gasteiger partial charge in [-0.1, -0.05) is 18.2 Å². The van der Waals surface area contributed by atoms with E-state index in [0.29, 0.717) is 5.69 Å². The van der Waals surface area contributed by atoms with E-state index in [-0.39, 0.29) is 18.0 Å². The summed E-state index contributed by atoms with van der Waals surface area (Å²) in [6.07, 6.45) is 1.05. The molecule has 9 heteroatoms. The highest BCUT2D eigenvalue weighted by molar-refractivity contribution is 7.92. The maximum atomic E-state index is 12.9. The largest absolute Gasteiger partial charge is 0.269 e. The van der Waals surface area contributed by atoms with Crippen molar-refractivity contribution in [2.45, 2.75) is 4.90 Å². The van der Waals surface area contributed by atoms with E-state index in [2.05, 4.69) is 4.72 Å². The summed E-state index contributed by atoms with van der Waals surface area (Å²) < 4.78 is 64.3. The summed E-state index contributed by atoms with van der Waals surface area (Å²) in [7, 11) is -7.40. The zero-order valence-electron chi connectivity index (χ0n) is 12.9. The molecule has 0 aliphatic carbocycles. The van der Waals surface area contributed by atoms with E-state index < -0.39 is 25.9 Å². The minimum Gasteiger partial charge on any atom is -0.269 e. The smallest absolute Gasteiger partial charge is 0.240 e. The zero-order valence-corrected chi connectivity index (χ0v) is 14.5. The molecule has 24 heavy (non-hydrogen) atoms. The molecule has 0 aliphatic rings. The van der Waals surface area contributed by atoms with Crippen LogP contribution < -0.4 is 9.03 Å². The Hall–Kier alpha value is -1.97. The van der Waals surface area contributed by atoms with Crippen LogP contribution in [0.1, 0.15) is 0 Å². The number of hydrogen-bond donors (Lipinski definition) is 1. The second-order valence-electron chi connectivity index (χ2n) is 5.02. The van der Waals surface area contributed by atoms with Crippen LogP contribution in [0, 0.1) is 5.82 Å². The summed E-state index contributed by atoms with van der Waals surface area (Å²) in [4.78, 5) is -0.0884. The highest BCUT2D eigenvalue weighted by Gasteiger charge is 2.19. The number of hydrogen-bond acceptors (Lipinski definition) is 4. The molecule has 6 nitrogen and oxygen atoms in total. The quantitative estimate of drug-likeness (QED) is 0.800. The number of para-hydroxylation sites is 1. The second kappa shape index (κ2) is 7.29. The number of halogens is 1. The first-order chi connectivity index (χ1) is 11.2. The molecule has 0 fully saturated rings. The van der Waals surface area contributed by atoms with Crippen molar-refractivity contribution in [3.05, 3.63) is 60.4 Å². The van der Waals surface area contributed by atoms with E-state index in [9.17, 15) is 21.2 Å². The SMILES string of the molecule is CS(=O)(=O)N(CCNS(=O)(=O)c1ccc(F)cc1)c1ccccc1. The molecule has 1 N–H and O–H groups in total. The van der Waals surface area contributed by atoms with Gasteiger partial charge in [-0.05, 0) is 36.4 Å². The number of anilines is 1. The normalized spacial score (nSPS) is 12.1. The fourth-order valence-corrected chi connectivity index (χ4v) is 4.01. The maximum absolute atomic E-state index is 12.9. The predicted molar refractivity (Wildman–Crippen MR) is 90.2 cm³/mol. The van der Waals surface area contributed by atoms with Crippen LogP contribution in [0.15, 0.2) is 59.5 Å². The van der Waals surface area contributed by atoms with E-state index in [0.717, 1.165) is 34.8 Å². The van der Waals surface area contributed by atoms with Gasteiger partial charge in [0.1, 0.15) is 5.82 Å². The molecule has 0 amide bonds. The molecule has 130 valence electrons. The van der Waals surface area contributed by atoms with Gasteiger partial charge in [0.2, 0.25) is 20.0 Å². The van der Waals surface area contributed by atoms with Crippen LogP contribution in [-0.4, -0.2) is 36.2 Å². The summed E-state index contributed by atoms with van der Waals surface area (Å²) in [6.45, 7) is -0.190. The standard InChI is InChI=1S/C15H17FN2O4S2/c1-23(19,20)18(14-5-3-2-4-6-14)12-11-17-24(21,22)15-9-7-13(16)8-10-15/h2-10,17H,11-12H2,1H3. The molecule has 0 aliphatic heterocycles. The molecule has 0 saturated carbocycles. The average molecular weight is 372 g/mol. The van der Waals surface area contributed by atoms with Crippen LogP contribution in [0.5, 0.6) is 0 Å². The average Bonchev–Trinajstić information content (AvgIpc) is 2.51. The van der Waals surface area contributed by atoms with Crippen LogP contribution in [0.2, 0.25) is 0 Å². The minimum atomic E-state index is -3.84. The lowest BCUT2D eigenvalue weighted by Crippen LogP contribution is -2.38. The zero-order chi connectivity index (χ0) is 17.8. The van der Waals surface area contributed by atoms with Gasteiger partial charge in [0, 0.05) is 13.1 Å².